The second-order valence-corrected chi connectivity index (χ2v) is 3.34. The summed E-state index contributed by atoms with van der Waals surface area (Å²) in [5, 5.41) is 1.14. The quantitative estimate of drug-likeness (QED) is 0.723. The lowest BCUT2D eigenvalue weighted by molar-refractivity contribution is 0.550. The molecule has 0 aliphatic carbocycles. The molecule has 2 nitrogen and oxygen atoms in total. The van der Waals surface area contributed by atoms with Crippen LogP contribution in [0.4, 0.5) is 0 Å². The first kappa shape index (κ1) is 8.32. The molecule has 68 valence electrons. The van der Waals surface area contributed by atoms with Gasteiger partial charge in [-0.2, -0.15) is 0 Å². The summed E-state index contributed by atoms with van der Waals surface area (Å²) in [6.45, 7) is 4.62. The van der Waals surface area contributed by atoms with Gasteiger partial charge in [-0.05, 0) is 31.0 Å². The predicted octanol–water partition coefficient (Wildman–Crippen LogP) is 2.51. The van der Waals surface area contributed by atoms with Crippen LogP contribution in [0.5, 0.6) is 0 Å². The Bertz CT molecular complexity index is 443. The van der Waals surface area contributed by atoms with E-state index < -0.39 is 0 Å². The Balaban J connectivity index is 2.76. The lowest BCUT2D eigenvalue weighted by Crippen LogP contribution is -1.92. The summed E-state index contributed by atoms with van der Waals surface area (Å²) in [5.41, 5.74) is 8.94. The summed E-state index contributed by atoms with van der Waals surface area (Å²) in [6.07, 6.45) is 0. The van der Waals surface area contributed by atoms with E-state index in [0.29, 0.717) is 6.54 Å². The molecule has 0 amide bonds. The Kier molecular flexibility index (Phi) is 1.85. The Morgan fingerprint density at radius 2 is 2.08 bits per heavy atom. The van der Waals surface area contributed by atoms with Crippen LogP contribution in [-0.4, -0.2) is 0 Å². The molecule has 0 aliphatic heterocycles. The maximum absolute atomic E-state index is 5.60. The summed E-state index contributed by atoms with van der Waals surface area (Å²) in [5.74, 6) is 0.851. The number of rotatable bonds is 1. The van der Waals surface area contributed by atoms with Gasteiger partial charge in [0.25, 0.3) is 0 Å². The van der Waals surface area contributed by atoms with Crippen molar-refractivity contribution in [3.63, 3.8) is 0 Å². The van der Waals surface area contributed by atoms with Gasteiger partial charge in [0.2, 0.25) is 0 Å². The van der Waals surface area contributed by atoms with Crippen LogP contribution < -0.4 is 5.73 Å². The van der Waals surface area contributed by atoms with Crippen molar-refractivity contribution in [1.29, 1.82) is 0 Å². The first-order chi connectivity index (χ1) is 6.22. The third-order valence-electron chi connectivity index (χ3n) is 2.46. The minimum absolute atomic E-state index is 0.465. The fourth-order valence-electron chi connectivity index (χ4n) is 1.49. The van der Waals surface area contributed by atoms with E-state index in [9.17, 15) is 0 Å². The van der Waals surface area contributed by atoms with E-state index in [1.165, 1.54) is 11.1 Å². The van der Waals surface area contributed by atoms with E-state index in [2.05, 4.69) is 26.0 Å². The molecular formula is C11H13NO. The highest BCUT2D eigenvalue weighted by atomic mass is 16.3. The van der Waals surface area contributed by atoms with E-state index in [1.807, 2.05) is 6.07 Å². The van der Waals surface area contributed by atoms with Gasteiger partial charge in [0, 0.05) is 5.39 Å². The molecular weight excluding hydrogens is 162 g/mol. The van der Waals surface area contributed by atoms with Crippen molar-refractivity contribution in [2.24, 2.45) is 5.73 Å². The van der Waals surface area contributed by atoms with Crippen LogP contribution in [0.25, 0.3) is 11.0 Å². The van der Waals surface area contributed by atoms with E-state index in [1.54, 1.807) is 0 Å². The van der Waals surface area contributed by atoms with Crippen molar-refractivity contribution in [2.45, 2.75) is 20.4 Å². The van der Waals surface area contributed by atoms with Crippen LogP contribution in [0.2, 0.25) is 0 Å². The van der Waals surface area contributed by atoms with Gasteiger partial charge in [-0.25, -0.2) is 0 Å². The molecule has 0 saturated carbocycles. The average Bonchev–Trinajstić information content (AvgIpc) is 2.55. The van der Waals surface area contributed by atoms with Crippen LogP contribution in [0.1, 0.15) is 16.9 Å². The Morgan fingerprint density at radius 1 is 1.31 bits per heavy atom. The van der Waals surface area contributed by atoms with Gasteiger partial charge in [0.05, 0.1) is 6.54 Å². The topological polar surface area (TPSA) is 39.2 Å². The molecule has 0 atom stereocenters. The SMILES string of the molecule is Cc1ccc2cc(CN)oc2c1C. The Hall–Kier alpha value is -1.28. The molecule has 2 heteroatoms. The van der Waals surface area contributed by atoms with Gasteiger partial charge in [-0.1, -0.05) is 12.1 Å². The Morgan fingerprint density at radius 3 is 2.77 bits per heavy atom. The zero-order chi connectivity index (χ0) is 9.42. The molecule has 1 heterocycles. The molecule has 0 spiro atoms. The summed E-state index contributed by atoms with van der Waals surface area (Å²) < 4.78 is 5.60. The highest BCUT2D eigenvalue weighted by Gasteiger charge is 2.05. The molecule has 0 radical (unpaired) electrons. The molecule has 2 rings (SSSR count). The summed E-state index contributed by atoms with van der Waals surface area (Å²) in [6, 6.07) is 6.18. The molecule has 0 unspecified atom stereocenters. The van der Waals surface area contributed by atoms with Gasteiger partial charge < -0.3 is 10.2 Å². The maximum Gasteiger partial charge on any atom is 0.137 e. The van der Waals surface area contributed by atoms with E-state index >= 15 is 0 Å². The van der Waals surface area contributed by atoms with E-state index in [0.717, 1.165) is 16.7 Å². The molecule has 13 heavy (non-hydrogen) atoms. The van der Waals surface area contributed by atoms with E-state index in [4.69, 9.17) is 10.2 Å². The molecule has 0 saturated heterocycles. The monoisotopic (exact) mass is 175 g/mol. The van der Waals surface area contributed by atoms with Crippen molar-refractivity contribution >= 4 is 11.0 Å². The molecule has 0 bridgehead atoms. The maximum atomic E-state index is 5.60. The minimum Gasteiger partial charge on any atom is -0.459 e. The van der Waals surface area contributed by atoms with Gasteiger partial charge in [-0.3, -0.25) is 0 Å². The van der Waals surface area contributed by atoms with Gasteiger partial charge in [0.1, 0.15) is 11.3 Å². The lowest BCUT2D eigenvalue weighted by atomic mass is 10.1. The first-order valence-electron chi connectivity index (χ1n) is 4.41. The van der Waals surface area contributed by atoms with Gasteiger partial charge in [-0.15, -0.1) is 0 Å². The lowest BCUT2D eigenvalue weighted by Gasteiger charge is -1.98. The van der Waals surface area contributed by atoms with Crippen molar-refractivity contribution in [2.75, 3.05) is 0 Å². The van der Waals surface area contributed by atoms with Gasteiger partial charge in [0.15, 0.2) is 0 Å². The third-order valence-corrected chi connectivity index (χ3v) is 2.46. The summed E-state index contributed by atoms with van der Waals surface area (Å²) in [4.78, 5) is 0. The zero-order valence-corrected chi connectivity index (χ0v) is 7.92. The largest absolute Gasteiger partial charge is 0.459 e. The number of hydrogen-bond donors (Lipinski definition) is 1. The third kappa shape index (κ3) is 1.23. The minimum atomic E-state index is 0.465. The average molecular weight is 175 g/mol. The molecule has 2 N–H and O–H groups in total. The summed E-state index contributed by atoms with van der Waals surface area (Å²) >= 11 is 0. The number of nitrogens with two attached hydrogens (primary N) is 1. The summed E-state index contributed by atoms with van der Waals surface area (Å²) in [7, 11) is 0. The normalized spacial score (nSPS) is 11.0. The number of aryl methyl sites for hydroxylation is 2. The van der Waals surface area contributed by atoms with Gasteiger partial charge >= 0.3 is 0 Å². The fourth-order valence-corrected chi connectivity index (χ4v) is 1.49. The van der Waals surface area contributed by atoms with Crippen molar-refractivity contribution in [1.82, 2.24) is 0 Å². The van der Waals surface area contributed by atoms with Crippen molar-refractivity contribution in [3.8, 4) is 0 Å². The number of fused-ring (bicyclic) bond motifs is 1. The molecule has 1 aromatic heterocycles. The highest BCUT2D eigenvalue weighted by molar-refractivity contribution is 5.82. The van der Waals surface area contributed by atoms with Crippen LogP contribution in [0, 0.1) is 13.8 Å². The number of hydrogen-bond acceptors (Lipinski definition) is 2. The Labute approximate surface area is 77.3 Å². The standard InChI is InChI=1S/C11H13NO/c1-7-3-4-9-5-10(6-12)13-11(9)8(7)2/h3-5H,6,12H2,1-2H3. The number of benzene rings is 1. The smallest absolute Gasteiger partial charge is 0.137 e. The fraction of sp³-hybridized carbons (Fsp3) is 0.273. The molecule has 2 aromatic rings. The second kappa shape index (κ2) is 2.89. The molecule has 0 fully saturated rings. The zero-order valence-electron chi connectivity index (χ0n) is 7.92. The van der Waals surface area contributed by atoms with Crippen LogP contribution in [-0.2, 0) is 6.54 Å². The second-order valence-electron chi connectivity index (χ2n) is 3.34. The highest BCUT2D eigenvalue weighted by Crippen LogP contribution is 2.24. The molecule has 0 aliphatic rings. The van der Waals surface area contributed by atoms with Crippen LogP contribution >= 0.6 is 0 Å². The van der Waals surface area contributed by atoms with Crippen LogP contribution in [0.3, 0.4) is 0 Å². The van der Waals surface area contributed by atoms with Crippen LogP contribution in [0.15, 0.2) is 22.6 Å². The van der Waals surface area contributed by atoms with E-state index in [-0.39, 0.29) is 0 Å². The number of furan rings is 1. The first-order valence-corrected chi connectivity index (χ1v) is 4.41. The van der Waals surface area contributed by atoms with Crippen molar-refractivity contribution in [3.05, 3.63) is 35.1 Å². The van der Waals surface area contributed by atoms with Crippen molar-refractivity contribution < 1.29 is 4.42 Å². The molecule has 1 aromatic carbocycles. The predicted molar refractivity (Wildman–Crippen MR) is 53.6 cm³/mol.